The molecule has 2 aliphatic rings. The number of fused-ring (bicyclic) bond motifs is 2. The minimum atomic E-state index is -3.46. The Morgan fingerprint density at radius 1 is 1.19 bits per heavy atom. The van der Waals surface area contributed by atoms with Crippen LogP contribution in [0.3, 0.4) is 0 Å². The van der Waals surface area contributed by atoms with Crippen LogP contribution < -0.4 is 10.9 Å². The van der Waals surface area contributed by atoms with E-state index in [4.69, 9.17) is 14.2 Å². The van der Waals surface area contributed by atoms with Crippen molar-refractivity contribution < 1.29 is 17.4 Å². The lowest BCUT2D eigenvalue weighted by Crippen LogP contribution is -2.30. The molecule has 10 nitrogen and oxygen atoms in total. The highest BCUT2D eigenvalue weighted by atomic mass is 32.2. The zero-order valence-corrected chi connectivity index (χ0v) is 22.1. The van der Waals surface area contributed by atoms with Gasteiger partial charge >= 0.3 is 0 Å². The first-order chi connectivity index (χ1) is 17.6. The molecule has 1 fully saturated rings. The van der Waals surface area contributed by atoms with Crippen LogP contribution in [0.4, 0.5) is 11.8 Å². The zero-order valence-electron chi connectivity index (χ0n) is 21.3. The number of hydrogen-bond acceptors (Lipinski definition) is 9. The fourth-order valence-corrected chi connectivity index (χ4v) is 5.98. The molecule has 3 aromatic rings. The normalized spacial score (nSPS) is 18.2. The van der Waals surface area contributed by atoms with E-state index < -0.39 is 10.1 Å². The molecular weight excluding hydrogens is 494 g/mol. The van der Waals surface area contributed by atoms with Gasteiger partial charge in [-0.2, -0.15) is 13.4 Å². The smallest absolute Gasteiger partial charge is 0.264 e. The van der Waals surface area contributed by atoms with Crippen molar-refractivity contribution in [3.63, 3.8) is 0 Å². The van der Waals surface area contributed by atoms with Gasteiger partial charge in [0.1, 0.15) is 11.5 Å². The average molecular weight is 526 g/mol. The van der Waals surface area contributed by atoms with Crippen LogP contribution in [-0.2, 0) is 27.1 Å². The number of carbonyl (C=O) groups is 1. The van der Waals surface area contributed by atoms with Crippen LogP contribution >= 0.6 is 0 Å². The molecule has 0 amide bonds. The van der Waals surface area contributed by atoms with E-state index in [-0.39, 0.29) is 35.5 Å². The van der Waals surface area contributed by atoms with Crippen molar-refractivity contribution in [2.24, 2.45) is 5.92 Å². The highest BCUT2D eigenvalue weighted by Gasteiger charge is 2.26. The lowest BCUT2D eigenvalue weighted by Gasteiger charge is -2.23. The van der Waals surface area contributed by atoms with Gasteiger partial charge in [-0.15, -0.1) is 0 Å². The number of nitrogens with one attached hydrogen (secondary N) is 1. The molecule has 0 aromatic carbocycles. The summed E-state index contributed by atoms with van der Waals surface area (Å²) in [5, 5.41) is 3.87. The third kappa shape index (κ3) is 5.28. The summed E-state index contributed by atoms with van der Waals surface area (Å²) in [4.78, 5) is 39.6. The average Bonchev–Trinajstić information content (AvgIpc) is 3.36. The summed E-state index contributed by atoms with van der Waals surface area (Å²) >= 11 is 0. The molecule has 0 saturated heterocycles. The minimum Gasteiger partial charge on any atom is -0.309 e. The van der Waals surface area contributed by atoms with E-state index in [0.29, 0.717) is 34.8 Å². The number of rotatable bonds is 7. The van der Waals surface area contributed by atoms with E-state index in [1.54, 1.807) is 17.7 Å². The van der Waals surface area contributed by atoms with Crippen LogP contribution in [0.1, 0.15) is 72.2 Å². The molecule has 2 aliphatic carbocycles. The second kappa shape index (κ2) is 9.94. The molecule has 196 valence electrons. The SMILES string of the molecule is CC(=O)c1c(C)c2cnc(Nc3ccc4c(n3)CC[C@H](COS(C)(=O)=O)C4)nc2n(C2CCCC2)c1=O. The van der Waals surface area contributed by atoms with Crippen LogP contribution in [0, 0.1) is 12.8 Å². The molecule has 1 saturated carbocycles. The third-order valence-electron chi connectivity index (χ3n) is 7.37. The van der Waals surface area contributed by atoms with Gasteiger partial charge in [0.2, 0.25) is 5.95 Å². The van der Waals surface area contributed by atoms with Crippen molar-refractivity contribution in [2.75, 3.05) is 18.2 Å². The van der Waals surface area contributed by atoms with Crippen molar-refractivity contribution in [1.82, 2.24) is 19.5 Å². The summed E-state index contributed by atoms with van der Waals surface area (Å²) in [5.74, 6) is 0.802. The molecule has 3 aromatic heterocycles. The van der Waals surface area contributed by atoms with Crippen molar-refractivity contribution in [2.45, 2.75) is 64.8 Å². The minimum absolute atomic E-state index is 0.0120. The summed E-state index contributed by atoms with van der Waals surface area (Å²) in [6, 6.07) is 3.84. The topological polar surface area (TPSA) is 133 Å². The van der Waals surface area contributed by atoms with E-state index in [9.17, 15) is 18.0 Å². The van der Waals surface area contributed by atoms with Crippen molar-refractivity contribution in [1.29, 1.82) is 0 Å². The lowest BCUT2D eigenvalue weighted by molar-refractivity contribution is 0.101. The highest BCUT2D eigenvalue weighted by Crippen LogP contribution is 2.32. The Hall–Kier alpha value is -3.18. The number of ketones is 1. The molecule has 3 heterocycles. The van der Waals surface area contributed by atoms with Gasteiger partial charge in [0, 0.05) is 23.3 Å². The summed E-state index contributed by atoms with van der Waals surface area (Å²) in [6.45, 7) is 3.37. The standard InChI is InChI=1S/C26H31N5O5S/c1-15-20-13-27-26(30-24(20)31(19-6-4-5-7-19)25(33)23(15)16(2)32)29-22-11-9-18-12-17(8-10-21(18)28-22)14-36-37(3,34)35/h9,11,13,17,19H,4-8,10,12,14H2,1-3H3,(H,27,28,29,30)/t17-/m0/s1. The number of nitrogens with zero attached hydrogens (tertiary/aromatic N) is 4. The molecule has 0 unspecified atom stereocenters. The Balaban J connectivity index is 1.44. The van der Waals surface area contributed by atoms with Gasteiger partial charge in [-0.3, -0.25) is 18.3 Å². The summed E-state index contributed by atoms with van der Waals surface area (Å²) in [5.41, 5.74) is 3.08. The van der Waals surface area contributed by atoms with Gasteiger partial charge in [-0.25, -0.2) is 9.97 Å². The molecule has 0 aliphatic heterocycles. The second-order valence-electron chi connectivity index (χ2n) is 10.1. The molecule has 1 N–H and O–H groups in total. The lowest BCUT2D eigenvalue weighted by atomic mass is 9.87. The van der Waals surface area contributed by atoms with Gasteiger partial charge < -0.3 is 5.32 Å². The maximum atomic E-state index is 13.4. The van der Waals surface area contributed by atoms with Gasteiger partial charge in [0.05, 0.1) is 18.4 Å². The number of carbonyl (C=O) groups excluding carboxylic acids is 1. The molecule has 1 atom stereocenters. The van der Waals surface area contributed by atoms with Gasteiger partial charge in [-0.05, 0) is 69.1 Å². The number of anilines is 2. The van der Waals surface area contributed by atoms with E-state index >= 15 is 0 Å². The van der Waals surface area contributed by atoms with Crippen molar-refractivity contribution in [3.8, 4) is 0 Å². The first kappa shape index (κ1) is 25.5. The van der Waals surface area contributed by atoms with E-state index in [2.05, 4.69) is 10.3 Å². The number of Topliss-reactive ketones (excluding diaryl/α,β-unsaturated/α-hetero) is 1. The maximum Gasteiger partial charge on any atom is 0.264 e. The number of aryl methyl sites for hydroxylation is 2. The number of aromatic nitrogens is 4. The first-order valence-corrected chi connectivity index (χ1v) is 14.5. The largest absolute Gasteiger partial charge is 0.309 e. The Labute approximate surface area is 215 Å². The molecule has 0 radical (unpaired) electrons. The van der Waals surface area contributed by atoms with Crippen molar-refractivity contribution >= 4 is 38.7 Å². The van der Waals surface area contributed by atoms with Gasteiger partial charge in [0.15, 0.2) is 5.78 Å². The Morgan fingerprint density at radius 2 is 1.95 bits per heavy atom. The second-order valence-corrected chi connectivity index (χ2v) is 11.8. The summed E-state index contributed by atoms with van der Waals surface area (Å²) < 4.78 is 29.3. The third-order valence-corrected chi connectivity index (χ3v) is 7.94. The molecule has 0 spiro atoms. The number of hydrogen-bond donors (Lipinski definition) is 1. The molecule has 37 heavy (non-hydrogen) atoms. The molecular formula is C26H31N5O5S. The summed E-state index contributed by atoms with van der Waals surface area (Å²) in [7, 11) is -3.46. The predicted molar refractivity (Wildman–Crippen MR) is 140 cm³/mol. The van der Waals surface area contributed by atoms with Crippen LogP contribution in [0.15, 0.2) is 23.1 Å². The fraction of sp³-hybridized carbons (Fsp3) is 0.500. The van der Waals surface area contributed by atoms with Crippen LogP contribution in [0.5, 0.6) is 0 Å². The molecule has 5 rings (SSSR count). The summed E-state index contributed by atoms with van der Waals surface area (Å²) in [6.07, 6.45) is 8.78. The van der Waals surface area contributed by atoms with Gasteiger partial charge in [0.25, 0.3) is 15.7 Å². The molecule has 11 heteroatoms. The Morgan fingerprint density at radius 3 is 2.65 bits per heavy atom. The van der Waals surface area contributed by atoms with E-state index in [1.165, 1.54) is 6.92 Å². The highest BCUT2D eigenvalue weighted by molar-refractivity contribution is 7.85. The van der Waals surface area contributed by atoms with Crippen molar-refractivity contribution in [3.05, 3.63) is 51.1 Å². The zero-order chi connectivity index (χ0) is 26.3. The quantitative estimate of drug-likeness (QED) is 0.362. The predicted octanol–water partition coefficient (Wildman–Crippen LogP) is 3.64. The molecule has 0 bridgehead atoms. The van der Waals surface area contributed by atoms with E-state index in [1.807, 2.05) is 12.1 Å². The van der Waals surface area contributed by atoms with E-state index in [0.717, 1.165) is 56.0 Å². The van der Waals surface area contributed by atoms with Crippen LogP contribution in [0.25, 0.3) is 11.0 Å². The Bertz CT molecular complexity index is 1540. The fourth-order valence-electron chi connectivity index (χ4n) is 5.54. The number of pyridine rings is 2. The monoisotopic (exact) mass is 525 g/mol. The van der Waals surface area contributed by atoms with Crippen LogP contribution in [0.2, 0.25) is 0 Å². The maximum absolute atomic E-state index is 13.4. The van der Waals surface area contributed by atoms with Crippen LogP contribution in [-0.4, -0.2) is 46.6 Å². The van der Waals surface area contributed by atoms with Gasteiger partial charge in [-0.1, -0.05) is 18.9 Å². The first-order valence-electron chi connectivity index (χ1n) is 12.6. The Kier molecular flexibility index (Phi) is 6.84.